The molecular formula is C27H41N3O5S. The molecule has 0 bridgehead atoms. The van der Waals surface area contributed by atoms with Gasteiger partial charge in [-0.1, -0.05) is 39.8 Å². The first-order valence-corrected chi connectivity index (χ1v) is 13.8. The molecule has 0 heterocycles. The minimum absolute atomic E-state index is 0.0351. The monoisotopic (exact) mass is 519 g/mol. The quantitative estimate of drug-likeness (QED) is 0.295. The number of hydrogen-bond acceptors (Lipinski definition) is 6. The van der Waals surface area contributed by atoms with E-state index in [0.717, 1.165) is 18.4 Å². The summed E-state index contributed by atoms with van der Waals surface area (Å²) in [4.78, 5) is 38.2. The van der Waals surface area contributed by atoms with Crippen LogP contribution in [0.4, 0.5) is 0 Å². The van der Waals surface area contributed by atoms with E-state index >= 15 is 0 Å². The van der Waals surface area contributed by atoms with Gasteiger partial charge >= 0.3 is 5.97 Å². The van der Waals surface area contributed by atoms with Crippen LogP contribution in [-0.4, -0.2) is 59.5 Å². The summed E-state index contributed by atoms with van der Waals surface area (Å²) in [6.45, 7) is 9.61. The fraction of sp³-hybridized carbons (Fsp3) is 0.593. The van der Waals surface area contributed by atoms with Crippen LogP contribution in [0.3, 0.4) is 0 Å². The predicted octanol–water partition coefficient (Wildman–Crippen LogP) is 3.50. The van der Waals surface area contributed by atoms with Crippen LogP contribution in [0.1, 0.15) is 59.4 Å². The molecule has 1 aliphatic rings. The molecule has 9 heteroatoms. The molecule has 2 amide bonds. The van der Waals surface area contributed by atoms with Gasteiger partial charge in [-0.05, 0) is 55.2 Å². The fourth-order valence-electron chi connectivity index (χ4n) is 4.31. The zero-order valence-electron chi connectivity index (χ0n) is 22.2. The first kappa shape index (κ1) is 29.9. The van der Waals surface area contributed by atoms with Gasteiger partial charge in [0.15, 0.2) is 0 Å². The minimum atomic E-state index is -1.07. The average molecular weight is 520 g/mol. The van der Waals surface area contributed by atoms with Crippen molar-refractivity contribution < 1.29 is 24.2 Å². The largest absolute Gasteiger partial charge is 0.480 e. The molecule has 0 saturated heterocycles. The van der Waals surface area contributed by atoms with Gasteiger partial charge in [0, 0.05) is 30.0 Å². The topological polar surface area (TPSA) is 117 Å². The molecule has 0 spiro atoms. The molecule has 0 fully saturated rings. The Labute approximate surface area is 219 Å². The van der Waals surface area contributed by atoms with Gasteiger partial charge < -0.3 is 25.8 Å². The SMILES string of the molecule is CCC(CC)O[C@@H]1C=C(C(=O)N[C@@H](C(=O)O)C(C)C)C[C@H](NCc2ccc(SC)cc2)[C@H]1NC(C)=O. The zero-order chi connectivity index (χ0) is 26.8. The summed E-state index contributed by atoms with van der Waals surface area (Å²) < 4.78 is 6.37. The van der Waals surface area contributed by atoms with Gasteiger partial charge in [-0.25, -0.2) is 4.79 Å². The number of carbonyl (C=O) groups excluding carboxylic acids is 2. The van der Waals surface area contributed by atoms with Crippen molar-refractivity contribution in [3.63, 3.8) is 0 Å². The highest BCUT2D eigenvalue weighted by Gasteiger charge is 2.38. The molecule has 1 aromatic carbocycles. The number of thioether (sulfide) groups is 1. The van der Waals surface area contributed by atoms with Gasteiger partial charge in [-0.15, -0.1) is 11.8 Å². The molecule has 36 heavy (non-hydrogen) atoms. The van der Waals surface area contributed by atoms with Crippen LogP contribution >= 0.6 is 11.8 Å². The lowest BCUT2D eigenvalue weighted by atomic mass is 9.86. The van der Waals surface area contributed by atoms with E-state index in [1.807, 2.05) is 20.1 Å². The Hall–Kier alpha value is -2.36. The number of benzene rings is 1. The number of hydrogen-bond donors (Lipinski definition) is 4. The number of carbonyl (C=O) groups is 3. The lowest BCUT2D eigenvalue weighted by Gasteiger charge is -2.39. The van der Waals surface area contributed by atoms with Crippen molar-refractivity contribution in [1.82, 2.24) is 16.0 Å². The first-order chi connectivity index (χ1) is 17.1. The van der Waals surface area contributed by atoms with E-state index in [9.17, 15) is 19.5 Å². The molecule has 2 rings (SSSR count). The van der Waals surface area contributed by atoms with E-state index in [1.54, 1.807) is 31.7 Å². The maximum Gasteiger partial charge on any atom is 0.326 e. The second-order valence-corrected chi connectivity index (χ2v) is 10.4. The maximum absolute atomic E-state index is 13.2. The summed E-state index contributed by atoms with van der Waals surface area (Å²) in [5.41, 5.74) is 1.54. The van der Waals surface area contributed by atoms with Crippen LogP contribution in [0, 0.1) is 5.92 Å². The number of nitrogens with one attached hydrogen (secondary N) is 3. The molecule has 0 aliphatic heterocycles. The number of amides is 2. The molecule has 0 radical (unpaired) electrons. The smallest absolute Gasteiger partial charge is 0.326 e. The molecular weight excluding hydrogens is 478 g/mol. The molecule has 0 saturated carbocycles. The van der Waals surface area contributed by atoms with Crippen molar-refractivity contribution in [1.29, 1.82) is 0 Å². The third-order valence-electron chi connectivity index (χ3n) is 6.46. The lowest BCUT2D eigenvalue weighted by Crippen LogP contribution is -2.59. The number of ether oxygens (including phenoxy) is 1. The van der Waals surface area contributed by atoms with Crippen LogP contribution in [-0.2, 0) is 25.7 Å². The minimum Gasteiger partial charge on any atom is -0.480 e. The Morgan fingerprint density at radius 2 is 1.78 bits per heavy atom. The number of carboxylic acids is 1. The third-order valence-corrected chi connectivity index (χ3v) is 7.20. The van der Waals surface area contributed by atoms with Gasteiger partial charge in [0.2, 0.25) is 11.8 Å². The molecule has 1 aliphatic carbocycles. The average Bonchev–Trinajstić information content (AvgIpc) is 2.84. The van der Waals surface area contributed by atoms with E-state index in [0.29, 0.717) is 18.5 Å². The standard InChI is InChI=1S/C27H41N3O5S/c1-7-20(8-2)35-23-14-19(26(32)30-24(16(3)4)27(33)34)13-22(25(23)29-17(5)31)28-15-18-9-11-21(36-6)12-10-18/h9-12,14,16,20,22-25,28H,7-8,13,15H2,1-6H3,(H,29,31)(H,30,32)(H,33,34)/t22-,23+,24+,25+/m0/s1. The van der Waals surface area contributed by atoms with Crippen molar-refractivity contribution in [3.05, 3.63) is 41.5 Å². The number of aliphatic carboxylic acids is 1. The van der Waals surface area contributed by atoms with E-state index in [2.05, 4.69) is 40.2 Å². The summed E-state index contributed by atoms with van der Waals surface area (Å²) in [5.74, 6) is -1.94. The number of rotatable bonds is 13. The van der Waals surface area contributed by atoms with Gasteiger partial charge in [-0.2, -0.15) is 0 Å². The highest BCUT2D eigenvalue weighted by Crippen LogP contribution is 2.25. The van der Waals surface area contributed by atoms with Crippen LogP contribution in [0.5, 0.6) is 0 Å². The second-order valence-electron chi connectivity index (χ2n) is 9.53. The van der Waals surface area contributed by atoms with Crippen molar-refractivity contribution in [2.45, 2.75) is 95.7 Å². The molecule has 0 aromatic heterocycles. The second kappa shape index (κ2) is 14.4. The molecule has 4 N–H and O–H groups in total. The van der Waals surface area contributed by atoms with Gasteiger partial charge in [0.1, 0.15) is 6.04 Å². The summed E-state index contributed by atoms with van der Waals surface area (Å²) in [6.07, 6.45) is 5.12. The predicted molar refractivity (Wildman–Crippen MR) is 143 cm³/mol. The Kier molecular flexibility index (Phi) is 11.9. The van der Waals surface area contributed by atoms with Gasteiger partial charge in [0.25, 0.3) is 0 Å². The molecule has 8 nitrogen and oxygen atoms in total. The third kappa shape index (κ3) is 8.64. The van der Waals surface area contributed by atoms with E-state index < -0.39 is 24.0 Å². The molecule has 0 unspecified atom stereocenters. The highest BCUT2D eigenvalue weighted by atomic mass is 32.2. The van der Waals surface area contributed by atoms with Crippen molar-refractivity contribution in [2.24, 2.45) is 5.92 Å². The fourth-order valence-corrected chi connectivity index (χ4v) is 4.72. The van der Waals surface area contributed by atoms with E-state index in [-0.39, 0.29) is 30.0 Å². The Balaban J connectivity index is 2.34. The summed E-state index contributed by atoms with van der Waals surface area (Å²) in [7, 11) is 0. The Bertz CT molecular complexity index is 914. The summed E-state index contributed by atoms with van der Waals surface area (Å²) in [5, 5.41) is 18.8. The first-order valence-electron chi connectivity index (χ1n) is 12.6. The van der Waals surface area contributed by atoms with Crippen molar-refractivity contribution in [3.8, 4) is 0 Å². The highest BCUT2D eigenvalue weighted by molar-refractivity contribution is 7.98. The van der Waals surface area contributed by atoms with Crippen LogP contribution < -0.4 is 16.0 Å². The molecule has 200 valence electrons. The summed E-state index contributed by atoms with van der Waals surface area (Å²) >= 11 is 1.68. The van der Waals surface area contributed by atoms with Gasteiger partial charge in [0.05, 0.1) is 18.2 Å². The lowest BCUT2D eigenvalue weighted by molar-refractivity contribution is -0.142. The van der Waals surface area contributed by atoms with Crippen molar-refractivity contribution >= 4 is 29.5 Å². The molecule has 1 aromatic rings. The van der Waals surface area contributed by atoms with Crippen LogP contribution in [0.2, 0.25) is 0 Å². The maximum atomic E-state index is 13.2. The molecule has 4 atom stereocenters. The Morgan fingerprint density at radius 1 is 1.14 bits per heavy atom. The van der Waals surface area contributed by atoms with Crippen molar-refractivity contribution in [2.75, 3.05) is 6.26 Å². The Morgan fingerprint density at radius 3 is 2.28 bits per heavy atom. The van der Waals surface area contributed by atoms with Crippen LogP contribution in [0.25, 0.3) is 0 Å². The van der Waals surface area contributed by atoms with Crippen LogP contribution in [0.15, 0.2) is 40.8 Å². The number of carboxylic acid groups (broad SMARTS) is 1. The normalized spacial score (nSPS) is 20.7. The van der Waals surface area contributed by atoms with E-state index in [4.69, 9.17) is 4.74 Å². The summed E-state index contributed by atoms with van der Waals surface area (Å²) in [6, 6.07) is 6.55. The van der Waals surface area contributed by atoms with E-state index in [1.165, 1.54) is 11.8 Å². The zero-order valence-corrected chi connectivity index (χ0v) is 23.0. The van der Waals surface area contributed by atoms with Gasteiger partial charge in [-0.3, -0.25) is 9.59 Å².